The first-order valence-corrected chi connectivity index (χ1v) is 5.28. The Balaban J connectivity index is 3.11. The van der Waals surface area contributed by atoms with Crippen LogP contribution in [0.2, 0.25) is 0 Å². The summed E-state index contributed by atoms with van der Waals surface area (Å²) in [5.74, 6) is 5.20. The zero-order valence-corrected chi connectivity index (χ0v) is 9.75. The summed E-state index contributed by atoms with van der Waals surface area (Å²) in [7, 11) is 0. The van der Waals surface area contributed by atoms with Crippen molar-refractivity contribution in [3.63, 3.8) is 0 Å². The molecule has 0 aliphatic heterocycles. The van der Waals surface area contributed by atoms with Crippen molar-refractivity contribution in [2.75, 3.05) is 0 Å². The van der Waals surface area contributed by atoms with Gasteiger partial charge in [0.15, 0.2) is 0 Å². The van der Waals surface area contributed by atoms with E-state index in [9.17, 15) is 0 Å². The third kappa shape index (κ3) is 1.71. The van der Waals surface area contributed by atoms with Crippen LogP contribution in [-0.4, -0.2) is 0 Å². The van der Waals surface area contributed by atoms with E-state index >= 15 is 0 Å². The van der Waals surface area contributed by atoms with Crippen LogP contribution in [0.4, 0.5) is 0 Å². The Hall–Kier alpha value is 0.100. The number of hydrogen-bond acceptors (Lipinski definition) is 3. The molecule has 12 heavy (non-hydrogen) atoms. The maximum absolute atomic E-state index is 5.20. The molecular formula is C8H12BrNOS. The fraction of sp³-hybridized carbons (Fsp3) is 0.500. The number of nitrogens with two attached hydrogens (primary N) is 1. The van der Waals surface area contributed by atoms with Crippen LogP contribution in [0, 0.1) is 6.92 Å². The van der Waals surface area contributed by atoms with Crippen molar-refractivity contribution in [3.05, 3.63) is 20.3 Å². The number of thiophene rings is 1. The molecule has 1 rings (SSSR count). The summed E-state index contributed by atoms with van der Waals surface area (Å²) in [6, 6.07) is 0. The molecule has 0 spiro atoms. The molecule has 0 amide bonds. The Labute approximate surface area is 84.8 Å². The monoisotopic (exact) mass is 249 g/mol. The van der Waals surface area contributed by atoms with Crippen molar-refractivity contribution in [1.82, 2.24) is 0 Å². The molecule has 0 bridgehead atoms. The highest BCUT2D eigenvalue weighted by Crippen LogP contribution is 2.37. The van der Waals surface area contributed by atoms with Gasteiger partial charge in [0.05, 0.1) is 4.88 Å². The quantitative estimate of drug-likeness (QED) is 0.819. The van der Waals surface area contributed by atoms with Gasteiger partial charge in [-0.2, -0.15) is 0 Å². The zero-order valence-electron chi connectivity index (χ0n) is 7.35. The predicted octanol–water partition coefficient (Wildman–Crippen LogP) is 2.94. The van der Waals surface area contributed by atoms with Gasteiger partial charge in [-0.15, -0.1) is 11.3 Å². The number of rotatable bonds is 2. The lowest BCUT2D eigenvalue weighted by Gasteiger charge is -2.20. The van der Waals surface area contributed by atoms with Crippen molar-refractivity contribution in [2.24, 2.45) is 5.90 Å². The second-order valence-corrected chi connectivity index (χ2v) is 4.86. The predicted molar refractivity (Wildman–Crippen MR) is 55.1 cm³/mol. The van der Waals surface area contributed by atoms with Crippen molar-refractivity contribution in [3.8, 4) is 0 Å². The first-order chi connectivity index (χ1) is 5.49. The molecule has 2 N–H and O–H groups in total. The first-order valence-electron chi connectivity index (χ1n) is 3.61. The zero-order chi connectivity index (χ0) is 9.35. The van der Waals surface area contributed by atoms with Gasteiger partial charge in [0.1, 0.15) is 5.60 Å². The van der Waals surface area contributed by atoms with Gasteiger partial charge in [0.2, 0.25) is 0 Å². The molecule has 0 aliphatic carbocycles. The molecule has 1 heterocycles. The lowest BCUT2D eigenvalue weighted by atomic mass is 10.1. The van der Waals surface area contributed by atoms with Gasteiger partial charge in [0.25, 0.3) is 0 Å². The minimum absolute atomic E-state index is 0.405. The van der Waals surface area contributed by atoms with E-state index in [1.54, 1.807) is 11.3 Å². The molecule has 0 unspecified atom stereocenters. The minimum atomic E-state index is -0.405. The Morgan fingerprint density at radius 1 is 1.58 bits per heavy atom. The van der Waals surface area contributed by atoms with Crippen LogP contribution in [0.1, 0.15) is 24.3 Å². The van der Waals surface area contributed by atoms with Gasteiger partial charge in [0, 0.05) is 4.47 Å². The molecule has 0 atom stereocenters. The number of hydrogen-bond donors (Lipinski definition) is 1. The Morgan fingerprint density at radius 3 is 2.50 bits per heavy atom. The van der Waals surface area contributed by atoms with Crippen molar-refractivity contribution < 1.29 is 4.84 Å². The van der Waals surface area contributed by atoms with Crippen LogP contribution < -0.4 is 5.90 Å². The van der Waals surface area contributed by atoms with Crippen LogP contribution in [-0.2, 0) is 10.4 Å². The largest absolute Gasteiger partial charge is 0.293 e. The molecule has 0 saturated heterocycles. The maximum atomic E-state index is 5.20. The average molecular weight is 250 g/mol. The maximum Gasteiger partial charge on any atom is 0.119 e. The highest BCUT2D eigenvalue weighted by molar-refractivity contribution is 9.10. The van der Waals surface area contributed by atoms with Gasteiger partial charge in [-0.25, -0.2) is 5.90 Å². The van der Waals surface area contributed by atoms with E-state index < -0.39 is 5.60 Å². The molecule has 2 nitrogen and oxygen atoms in total. The van der Waals surface area contributed by atoms with E-state index in [2.05, 4.69) is 28.2 Å². The van der Waals surface area contributed by atoms with Crippen LogP contribution in [0.15, 0.2) is 9.85 Å². The Bertz CT molecular complexity index is 283. The van der Waals surface area contributed by atoms with Crippen molar-refractivity contribution >= 4 is 27.3 Å². The Morgan fingerprint density at radius 2 is 2.17 bits per heavy atom. The first kappa shape index (κ1) is 10.2. The smallest absolute Gasteiger partial charge is 0.119 e. The van der Waals surface area contributed by atoms with E-state index in [0.29, 0.717) is 0 Å². The summed E-state index contributed by atoms with van der Waals surface area (Å²) in [5, 5.41) is 2.08. The molecular weight excluding hydrogens is 238 g/mol. The summed E-state index contributed by atoms with van der Waals surface area (Å²) in [4.78, 5) is 6.03. The lowest BCUT2D eigenvalue weighted by Crippen LogP contribution is -2.24. The van der Waals surface area contributed by atoms with E-state index in [0.717, 1.165) is 9.35 Å². The van der Waals surface area contributed by atoms with Crippen LogP contribution in [0.25, 0.3) is 0 Å². The van der Waals surface area contributed by atoms with Gasteiger partial charge in [-0.1, -0.05) is 0 Å². The summed E-state index contributed by atoms with van der Waals surface area (Å²) < 4.78 is 1.10. The highest BCUT2D eigenvalue weighted by atomic mass is 79.9. The van der Waals surface area contributed by atoms with Crippen LogP contribution >= 0.6 is 27.3 Å². The van der Waals surface area contributed by atoms with E-state index in [1.807, 2.05) is 13.8 Å². The molecule has 0 aliphatic rings. The average Bonchev–Trinajstić information content (AvgIpc) is 2.33. The number of halogens is 1. The summed E-state index contributed by atoms with van der Waals surface area (Å²) >= 11 is 5.16. The topological polar surface area (TPSA) is 35.2 Å². The van der Waals surface area contributed by atoms with E-state index in [4.69, 9.17) is 10.7 Å². The molecule has 1 aromatic heterocycles. The second-order valence-electron chi connectivity index (χ2n) is 3.19. The molecule has 0 aromatic carbocycles. The van der Waals surface area contributed by atoms with Crippen LogP contribution in [0.5, 0.6) is 0 Å². The van der Waals surface area contributed by atoms with Crippen molar-refractivity contribution in [1.29, 1.82) is 0 Å². The third-order valence-electron chi connectivity index (χ3n) is 1.74. The fourth-order valence-electron chi connectivity index (χ4n) is 0.890. The molecule has 0 radical (unpaired) electrons. The lowest BCUT2D eigenvalue weighted by molar-refractivity contribution is -0.0213. The van der Waals surface area contributed by atoms with Crippen molar-refractivity contribution in [2.45, 2.75) is 26.4 Å². The SMILES string of the molecule is Cc1csc(C(C)(C)ON)c1Br. The summed E-state index contributed by atoms with van der Waals surface area (Å²) in [6.07, 6.45) is 0. The minimum Gasteiger partial charge on any atom is -0.293 e. The molecule has 68 valence electrons. The van der Waals surface area contributed by atoms with Gasteiger partial charge < -0.3 is 0 Å². The Kier molecular flexibility index (Phi) is 2.93. The second kappa shape index (κ2) is 3.46. The fourth-order valence-corrected chi connectivity index (χ4v) is 2.92. The van der Waals surface area contributed by atoms with Gasteiger partial charge in [-0.05, 0) is 47.6 Å². The summed E-state index contributed by atoms with van der Waals surface area (Å²) in [6.45, 7) is 5.95. The standard InChI is InChI=1S/C8H12BrNOS/c1-5-4-12-7(6(5)9)8(2,3)11-10/h4H,10H2,1-3H3. The molecule has 0 saturated carbocycles. The van der Waals surface area contributed by atoms with Crippen LogP contribution in [0.3, 0.4) is 0 Å². The van der Waals surface area contributed by atoms with E-state index in [-0.39, 0.29) is 0 Å². The molecule has 0 fully saturated rings. The van der Waals surface area contributed by atoms with E-state index in [1.165, 1.54) is 5.56 Å². The van der Waals surface area contributed by atoms with Gasteiger partial charge in [-0.3, -0.25) is 4.84 Å². The number of aryl methyl sites for hydroxylation is 1. The third-order valence-corrected chi connectivity index (χ3v) is 4.43. The van der Waals surface area contributed by atoms with Gasteiger partial charge >= 0.3 is 0 Å². The molecule has 4 heteroatoms. The normalized spacial score (nSPS) is 12.1. The highest BCUT2D eigenvalue weighted by Gasteiger charge is 2.25. The molecule has 1 aromatic rings. The summed E-state index contributed by atoms with van der Waals surface area (Å²) in [5.41, 5.74) is 0.817.